The molecule has 0 spiro atoms. The van der Waals surface area contributed by atoms with Crippen LogP contribution < -0.4 is 0 Å². The van der Waals surface area contributed by atoms with Gasteiger partial charge in [-0.05, 0) is 87.4 Å². The van der Waals surface area contributed by atoms with Crippen LogP contribution in [-0.4, -0.2) is 15.0 Å². The van der Waals surface area contributed by atoms with E-state index in [1.54, 1.807) is 6.20 Å². The second kappa shape index (κ2) is 13.0. The molecule has 0 atom stereocenters. The van der Waals surface area contributed by atoms with E-state index in [0.29, 0.717) is 5.82 Å². The Hall–Kier alpha value is -5.93. The first-order valence-electron chi connectivity index (χ1n) is 15.5. The number of pyridine rings is 1. The molecule has 3 heteroatoms. The van der Waals surface area contributed by atoms with Gasteiger partial charge in [0.05, 0.1) is 5.69 Å². The van der Waals surface area contributed by atoms with Gasteiger partial charge in [0.2, 0.25) is 0 Å². The van der Waals surface area contributed by atoms with Gasteiger partial charge in [0.15, 0.2) is 5.82 Å². The monoisotopic (exact) mass is 591 g/mol. The number of benzene rings is 4. The summed E-state index contributed by atoms with van der Waals surface area (Å²) in [6, 6.07) is 33.5. The molecule has 4 aromatic carbocycles. The molecule has 1 aliphatic rings. The van der Waals surface area contributed by atoms with E-state index in [4.69, 9.17) is 9.97 Å². The summed E-state index contributed by atoms with van der Waals surface area (Å²) < 4.78 is 0. The van der Waals surface area contributed by atoms with E-state index in [1.807, 2.05) is 48.8 Å². The van der Waals surface area contributed by atoms with Gasteiger partial charge in [0.1, 0.15) is 0 Å². The summed E-state index contributed by atoms with van der Waals surface area (Å²) in [5.41, 5.74) is 11.5. The molecule has 0 aliphatic heterocycles. The molecule has 0 fully saturated rings. The van der Waals surface area contributed by atoms with Crippen LogP contribution >= 0.6 is 0 Å². The second-order valence-electron chi connectivity index (χ2n) is 11.3. The summed E-state index contributed by atoms with van der Waals surface area (Å²) in [7, 11) is 0. The number of fused-ring (bicyclic) bond motifs is 3. The predicted octanol–water partition coefficient (Wildman–Crippen LogP) is 10.8. The standard InChI is InChI=1S/C43H33N3/c1-3-14-33(40-27-35-17-10-11-21-37(35)38-22-8-5-9-23-39(38)40)25-30(2)42-41(29-45-43(46-42)31-15-6-4-7-16-31)34-19-12-18-32(26-34)36-20-13-24-44-28-36/h3-22,24-29H,2,23H2,1H3/b14-3-,33-25+. The first-order chi connectivity index (χ1) is 22.7. The predicted molar refractivity (Wildman–Crippen MR) is 194 cm³/mol. The van der Waals surface area contributed by atoms with Crippen molar-refractivity contribution in [3.05, 3.63) is 181 Å². The Balaban J connectivity index is 1.40. The summed E-state index contributed by atoms with van der Waals surface area (Å²) in [5, 5.41) is 2.48. The molecule has 0 unspecified atom stereocenters. The molecule has 2 aromatic heterocycles. The number of hydrogen-bond acceptors (Lipinski definition) is 3. The van der Waals surface area contributed by atoms with Crippen LogP contribution in [-0.2, 0) is 6.42 Å². The maximum atomic E-state index is 5.17. The summed E-state index contributed by atoms with van der Waals surface area (Å²) in [6.07, 6.45) is 21.6. The highest BCUT2D eigenvalue weighted by Gasteiger charge is 2.17. The van der Waals surface area contributed by atoms with Crippen LogP contribution in [0.5, 0.6) is 0 Å². The molecule has 0 amide bonds. The number of hydrogen-bond donors (Lipinski definition) is 0. The van der Waals surface area contributed by atoms with Crippen LogP contribution in [0.15, 0.2) is 159 Å². The van der Waals surface area contributed by atoms with E-state index in [0.717, 1.165) is 51.1 Å². The lowest BCUT2D eigenvalue weighted by atomic mass is 9.87. The lowest BCUT2D eigenvalue weighted by molar-refractivity contribution is 1.16. The van der Waals surface area contributed by atoms with Crippen LogP contribution in [0.3, 0.4) is 0 Å². The van der Waals surface area contributed by atoms with Crippen molar-refractivity contribution in [3.63, 3.8) is 0 Å². The Morgan fingerprint density at radius 2 is 1.59 bits per heavy atom. The molecule has 7 rings (SSSR count). The van der Waals surface area contributed by atoms with Gasteiger partial charge in [0, 0.05) is 35.3 Å². The van der Waals surface area contributed by atoms with E-state index in [9.17, 15) is 0 Å². The van der Waals surface area contributed by atoms with Gasteiger partial charge in [-0.1, -0.05) is 122 Å². The molecule has 1 aliphatic carbocycles. The van der Waals surface area contributed by atoms with Crippen LogP contribution in [0.2, 0.25) is 0 Å². The minimum Gasteiger partial charge on any atom is -0.264 e. The molecule has 2 heterocycles. The minimum atomic E-state index is 0.666. The fourth-order valence-corrected chi connectivity index (χ4v) is 6.12. The highest BCUT2D eigenvalue weighted by atomic mass is 14.9. The lowest BCUT2D eigenvalue weighted by Gasteiger charge is -2.17. The summed E-state index contributed by atoms with van der Waals surface area (Å²) >= 11 is 0. The zero-order valence-corrected chi connectivity index (χ0v) is 25.8. The Morgan fingerprint density at radius 3 is 2.43 bits per heavy atom. The zero-order chi connectivity index (χ0) is 31.3. The van der Waals surface area contributed by atoms with Gasteiger partial charge in [-0.2, -0.15) is 0 Å². The average molecular weight is 592 g/mol. The molecular weight excluding hydrogens is 558 g/mol. The average Bonchev–Trinajstić information content (AvgIpc) is 3.38. The fraction of sp³-hybridized carbons (Fsp3) is 0.0465. The van der Waals surface area contributed by atoms with Gasteiger partial charge < -0.3 is 0 Å². The van der Waals surface area contributed by atoms with Gasteiger partial charge in [0.25, 0.3) is 0 Å². The summed E-state index contributed by atoms with van der Waals surface area (Å²) in [4.78, 5) is 14.3. The van der Waals surface area contributed by atoms with Gasteiger partial charge >= 0.3 is 0 Å². The SMILES string of the molecule is C=C(/C=C(\C=C/C)c1cc2ccccc2c2c1CC=CC=C2)c1nc(-c2ccccc2)ncc1-c1cccc(-c2cccnc2)c1. The first kappa shape index (κ1) is 28.8. The molecule has 0 saturated heterocycles. The van der Waals surface area contributed by atoms with Crippen molar-refractivity contribution < 1.29 is 0 Å². The third-order valence-corrected chi connectivity index (χ3v) is 8.31. The van der Waals surface area contributed by atoms with E-state index in [2.05, 4.69) is 122 Å². The van der Waals surface area contributed by atoms with E-state index >= 15 is 0 Å². The molecule has 0 N–H and O–H groups in total. The highest BCUT2D eigenvalue weighted by molar-refractivity contribution is 5.99. The Kier molecular flexibility index (Phi) is 8.13. The summed E-state index contributed by atoms with van der Waals surface area (Å²) in [5.74, 6) is 0.666. The van der Waals surface area contributed by atoms with E-state index in [1.165, 1.54) is 27.5 Å². The summed E-state index contributed by atoms with van der Waals surface area (Å²) in [6.45, 7) is 6.69. The molecule has 3 nitrogen and oxygen atoms in total. The van der Waals surface area contributed by atoms with Crippen molar-refractivity contribution in [3.8, 4) is 33.6 Å². The molecular formula is C43H33N3. The third-order valence-electron chi connectivity index (χ3n) is 8.31. The number of aromatic nitrogens is 3. The Morgan fingerprint density at radius 1 is 0.783 bits per heavy atom. The van der Waals surface area contributed by atoms with Crippen molar-refractivity contribution in [2.45, 2.75) is 13.3 Å². The molecule has 0 radical (unpaired) electrons. The zero-order valence-electron chi connectivity index (χ0n) is 25.8. The number of allylic oxidation sites excluding steroid dienone is 8. The minimum absolute atomic E-state index is 0.666. The highest BCUT2D eigenvalue weighted by Crippen LogP contribution is 2.37. The van der Waals surface area contributed by atoms with Crippen LogP contribution in [0.25, 0.3) is 61.6 Å². The normalized spacial score (nSPS) is 12.8. The van der Waals surface area contributed by atoms with Gasteiger partial charge in [-0.25, -0.2) is 9.97 Å². The Labute approximate surface area is 270 Å². The fourth-order valence-electron chi connectivity index (χ4n) is 6.12. The van der Waals surface area contributed by atoms with Gasteiger partial charge in [-0.3, -0.25) is 4.98 Å². The quantitative estimate of drug-likeness (QED) is 0.173. The van der Waals surface area contributed by atoms with Crippen molar-refractivity contribution in [2.75, 3.05) is 0 Å². The topological polar surface area (TPSA) is 38.7 Å². The smallest absolute Gasteiger partial charge is 0.159 e. The third kappa shape index (κ3) is 5.79. The van der Waals surface area contributed by atoms with Gasteiger partial charge in [-0.15, -0.1) is 0 Å². The lowest BCUT2D eigenvalue weighted by Crippen LogP contribution is -2.00. The first-order valence-corrected chi connectivity index (χ1v) is 15.5. The van der Waals surface area contributed by atoms with Crippen molar-refractivity contribution in [1.82, 2.24) is 15.0 Å². The molecule has 0 bridgehead atoms. The van der Waals surface area contributed by atoms with Crippen molar-refractivity contribution in [2.24, 2.45) is 0 Å². The molecule has 46 heavy (non-hydrogen) atoms. The van der Waals surface area contributed by atoms with E-state index < -0.39 is 0 Å². The number of nitrogens with zero attached hydrogens (tertiary/aromatic N) is 3. The van der Waals surface area contributed by atoms with E-state index in [-0.39, 0.29) is 0 Å². The van der Waals surface area contributed by atoms with Crippen LogP contribution in [0.1, 0.15) is 29.3 Å². The van der Waals surface area contributed by atoms with Crippen molar-refractivity contribution >= 4 is 28.0 Å². The second-order valence-corrected chi connectivity index (χ2v) is 11.3. The molecule has 220 valence electrons. The molecule has 0 saturated carbocycles. The molecule has 6 aromatic rings. The number of rotatable bonds is 7. The Bertz CT molecular complexity index is 2190. The maximum absolute atomic E-state index is 5.17. The van der Waals surface area contributed by atoms with Crippen LogP contribution in [0.4, 0.5) is 0 Å². The maximum Gasteiger partial charge on any atom is 0.159 e. The largest absolute Gasteiger partial charge is 0.264 e. The van der Waals surface area contributed by atoms with Crippen LogP contribution in [0, 0.1) is 0 Å². The van der Waals surface area contributed by atoms with Crippen molar-refractivity contribution in [1.29, 1.82) is 0 Å².